The van der Waals surface area contributed by atoms with Crippen LogP contribution in [0.25, 0.3) is 0 Å². The molecule has 2 aromatic rings. The monoisotopic (exact) mass is 324 g/mol. The molecule has 126 valence electrons. The average molecular weight is 324 g/mol. The van der Waals surface area contributed by atoms with Gasteiger partial charge in [-0.2, -0.15) is 0 Å². The predicted molar refractivity (Wildman–Crippen MR) is 94.4 cm³/mol. The number of carbonyl (C=O) groups is 1. The van der Waals surface area contributed by atoms with Gasteiger partial charge in [-0.15, -0.1) is 0 Å². The second-order valence-corrected chi connectivity index (χ2v) is 6.35. The van der Waals surface area contributed by atoms with Gasteiger partial charge in [0.25, 0.3) is 0 Å². The molecule has 2 aromatic carbocycles. The van der Waals surface area contributed by atoms with Gasteiger partial charge in [-0.05, 0) is 36.1 Å². The van der Waals surface area contributed by atoms with E-state index in [2.05, 4.69) is 23.5 Å². The maximum absolute atomic E-state index is 11.5. The first-order chi connectivity index (χ1) is 11.7. The molecule has 0 aliphatic heterocycles. The topological polar surface area (TPSA) is 64.4 Å². The van der Waals surface area contributed by atoms with Crippen LogP contribution < -0.4 is 15.8 Å². The highest BCUT2D eigenvalue weighted by atomic mass is 16.5. The van der Waals surface area contributed by atoms with Crippen LogP contribution in [0.5, 0.6) is 5.75 Å². The van der Waals surface area contributed by atoms with E-state index in [0.717, 1.165) is 42.7 Å². The molecule has 4 nitrogen and oxygen atoms in total. The standard InChI is InChI=1S/C20H24N2O2/c21-20(23)18-10-5-11-19(18)22-13-16-8-4-9-17(12-16)24-14-15-6-2-1-3-7-15/h1-4,6-9,12,18-19,22H,5,10-11,13-14H2,(H2,21,23). The van der Waals surface area contributed by atoms with Crippen LogP contribution in [0.1, 0.15) is 30.4 Å². The number of nitrogens with one attached hydrogen (secondary N) is 1. The normalized spacial score (nSPS) is 20.0. The van der Waals surface area contributed by atoms with E-state index in [-0.39, 0.29) is 17.9 Å². The van der Waals surface area contributed by atoms with Gasteiger partial charge in [0, 0.05) is 12.6 Å². The van der Waals surface area contributed by atoms with E-state index in [1.165, 1.54) is 0 Å². The summed E-state index contributed by atoms with van der Waals surface area (Å²) >= 11 is 0. The minimum absolute atomic E-state index is 0.0393. The Labute approximate surface area is 143 Å². The minimum atomic E-state index is -0.190. The Bertz CT molecular complexity index is 672. The van der Waals surface area contributed by atoms with Crippen LogP contribution in [0.4, 0.5) is 0 Å². The number of hydrogen-bond donors (Lipinski definition) is 2. The number of ether oxygens (including phenoxy) is 1. The van der Waals surface area contributed by atoms with Crippen LogP contribution >= 0.6 is 0 Å². The summed E-state index contributed by atoms with van der Waals surface area (Å²) in [5.41, 5.74) is 7.78. The molecule has 2 unspecified atom stereocenters. The number of carbonyl (C=O) groups excluding carboxylic acids is 1. The largest absolute Gasteiger partial charge is 0.489 e. The molecule has 24 heavy (non-hydrogen) atoms. The highest BCUT2D eigenvalue weighted by molar-refractivity contribution is 5.77. The van der Waals surface area contributed by atoms with Crippen molar-refractivity contribution in [3.63, 3.8) is 0 Å². The molecule has 0 aromatic heterocycles. The average Bonchev–Trinajstić information content (AvgIpc) is 3.08. The van der Waals surface area contributed by atoms with Crippen molar-refractivity contribution in [2.24, 2.45) is 11.7 Å². The van der Waals surface area contributed by atoms with Gasteiger partial charge < -0.3 is 15.8 Å². The fraction of sp³-hybridized carbons (Fsp3) is 0.350. The van der Waals surface area contributed by atoms with Gasteiger partial charge in [-0.3, -0.25) is 4.79 Å². The zero-order chi connectivity index (χ0) is 16.8. The summed E-state index contributed by atoms with van der Waals surface area (Å²) in [5, 5.41) is 3.47. The lowest BCUT2D eigenvalue weighted by molar-refractivity contribution is -0.122. The molecule has 1 aliphatic rings. The van der Waals surface area contributed by atoms with E-state index in [4.69, 9.17) is 10.5 Å². The van der Waals surface area contributed by atoms with E-state index in [1.807, 2.05) is 36.4 Å². The maximum atomic E-state index is 11.5. The number of benzene rings is 2. The molecule has 1 amide bonds. The summed E-state index contributed by atoms with van der Waals surface area (Å²) in [7, 11) is 0. The molecule has 0 spiro atoms. The SMILES string of the molecule is NC(=O)C1CCCC1NCc1cccc(OCc2ccccc2)c1. The highest BCUT2D eigenvalue weighted by Crippen LogP contribution is 2.25. The molecule has 1 fully saturated rings. The molecule has 0 heterocycles. The molecule has 1 aliphatic carbocycles. The van der Waals surface area contributed by atoms with Gasteiger partial charge in [0.1, 0.15) is 12.4 Å². The fourth-order valence-corrected chi connectivity index (χ4v) is 3.28. The number of hydrogen-bond acceptors (Lipinski definition) is 3. The van der Waals surface area contributed by atoms with E-state index in [0.29, 0.717) is 6.61 Å². The molecule has 4 heteroatoms. The first-order valence-electron chi connectivity index (χ1n) is 8.51. The van der Waals surface area contributed by atoms with Crippen LogP contribution in [0.3, 0.4) is 0 Å². The lowest BCUT2D eigenvalue weighted by Crippen LogP contribution is -2.38. The quantitative estimate of drug-likeness (QED) is 0.823. The summed E-state index contributed by atoms with van der Waals surface area (Å²) < 4.78 is 5.86. The lowest BCUT2D eigenvalue weighted by atomic mass is 10.0. The Hall–Kier alpha value is -2.33. The third-order valence-corrected chi connectivity index (χ3v) is 4.60. The lowest BCUT2D eigenvalue weighted by Gasteiger charge is -2.18. The number of rotatable bonds is 7. The molecule has 0 radical (unpaired) electrons. The summed E-state index contributed by atoms with van der Waals surface area (Å²) in [4.78, 5) is 11.5. The van der Waals surface area contributed by atoms with Crippen molar-refractivity contribution in [2.45, 2.75) is 38.5 Å². The van der Waals surface area contributed by atoms with Crippen LogP contribution in [0.15, 0.2) is 54.6 Å². The fourth-order valence-electron chi connectivity index (χ4n) is 3.28. The van der Waals surface area contributed by atoms with Gasteiger partial charge >= 0.3 is 0 Å². The molecule has 2 atom stereocenters. The molecular weight excluding hydrogens is 300 g/mol. The Morgan fingerprint density at radius 1 is 1.08 bits per heavy atom. The van der Waals surface area contributed by atoms with Gasteiger partial charge in [0.2, 0.25) is 5.91 Å². The van der Waals surface area contributed by atoms with Crippen molar-refractivity contribution in [3.05, 3.63) is 65.7 Å². The van der Waals surface area contributed by atoms with Crippen molar-refractivity contribution >= 4 is 5.91 Å². The number of primary amides is 1. The van der Waals surface area contributed by atoms with Gasteiger partial charge in [-0.25, -0.2) is 0 Å². The van der Waals surface area contributed by atoms with Gasteiger partial charge in [-0.1, -0.05) is 48.9 Å². The summed E-state index contributed by atoms with van der Waals surface area (Å²) in [6, 6.07) is 18.4. The van der Waals surface area contributed by atoms with Crippen LogP contribution in [-0.2, 0) is 17.9 Å². The molecule has 3 rings (SSSR count). The molecule has 1 saturated carbocycles. The Morgan fingerprint density at radius 3 is 2.67 bits per heavy atom. The van der Waals surface area contributed by atoms with Crippen molar-refractivity contribution in [3.8, 4) is 5.75 Å². The molecule has 3 N–H and O–H groups in total. The van der Waals surface area contributed by atoms with E-state index < -0.39 is 0 Å². The summed E-state index contributed by atoms with van der Waals surface area (Å²) in [6.45, 7) is 1.28. The Balaban J connectivity index is 1.54. The minimum Gasteiger partial charge on any atom is -0.489 e. The smallest absolute Gasteiger partial charge is 0.222 e. The van der Waals surface area contributed by atoms with E-state index >= 15 is 0 Å². The van der Waals surface area contributed by atoms with Gasteiger partial charge in [0.05, 0.1) is 5.92 Å². The van der Waals surface area contributed by atoms with Crippen LogP contribution in [-0.4, -0.2) is 11.9 Å². The van der Waals surface area contributed by atoms with E-state index in [1.54, 1.807) is 0 Å². The van der Waals surface area contributed by atoms with Crippen molar-refractivity contribution in [1.82, 2.24) is 5.32 Å². The van der Waals surface area contributed by atoms with Crippen molar-refractivity contribution in [1.29, 1.82) is 0 Å². The Kier molecular flexibility index (Phi) is 5.49. The van der Waals surface area contributed by atoms with Crippen LogP contribution in [0, 0.1) is 5.92 Å². The number of amides is 1. The molecule has 0 saturated heterocycles. The highest BCUT2D eigenvalue weighted by Gasteiger charge is 2.30. The second kappa shape index (κ2) is 7.97. The first kappa shape index (κ1) is 16.5. The van der Waals surface area contributed by atoms with Crippen molar-refractivity contribution < 1.29 is 9.53 Å². The van der Waals surface area contributed by atoms with Gasteiger partial charge in [0.15, 0.2) is 0 Å². The first-order valence-corrected chi connectivity index (χ1v) is 8.51. The van der Waals surface area contributed by atoms with E-state index in [9.17, 15) is 4.79 Å². The maximum Gasteiger partial charge on any atom is 0.222 e. The Morgan fingerprint density at radius 2 is 1.88 bits per heavy atom. The zero-order valence-electron chi connectivity index (χ0n) is 13.8. The second-order valence-electron chi connectivity index (χ2n) is 6.35. The summed E-state index contributed by atoms with van der Waals surface area (Å²) in [5.74, 6) is 0.628. The zero-order valence-corrected chi connectivity index (χ0v) is 13.8. The molecular formula is C20H24N2O2. The third-order valence-electron chi connectivity index (χ3n) is 4.60. The molecule has 0 bridgehead atoms. The van der Waals surface area contributed by atoms with Crippen LogP contribution in [0.2, 0.25) is 0 Å². The summed E-state index contributed by atoms with van der Waals surface area (Å²) in [6.07, 6.45) is 2.97. The van der Waals surface area contributed by atoms with Crippen molar-refractivity contribution in [2.75, 3.05) is 0 Å². The number of nitrogens with two attached hydrogens (primary N) is 1. The predicted octanol–water partition coefficient (Wildman–Crippen LogP) is 3.01. The third kappa shape index (κ3) is 4.36.